The monoisotopic (exact) mass is 314 g/mol. The number of hydrogen-bond acceptors (Lipinski definition) is 4. The number of rotatable bonds is 6. The molecule has 0 fully saturated rings. The van der Waals surface area contributed by atoms with E-state index in [1.165, 1.54) is 0 Å². The van der Waals surface area contributed by atoms with E-state index < -0.39 is 6.04 Å². The standard InChI is InChI=1S/C18H22N2O3/c1-12-4-7-14(8-5-12)17(19)18(21)20-11-13-6-9-15(22-2)16(10-13)23-3/h4-10,17H,11,19H2,1-3H3,(H,20,21). The Morgan fingerprint density at radius 2 is 1.74 bits per heavy atom. The van der Waals surface area contributed by atoms with Crippen molar-refractivity contribution in [1.29, 1.82) is 0 Å². The van der Waals surface area contributed by atoms with Crippen LogP contribution in [0.15, 0.2) is 42.5 Å². The lowest BCUT2D eigenvalue weighted by molar-refractivity contribution is -0.122. The molecule has 0 saturated carbocycles. The van der Waals surface area contributed by atoms with Crippen molar-refractivity contribution in [3.8, 4) is 11.5 Å². The molecule has 23 heavy (non-hydrogen) atoms. The van der Waals surface area contributed by atoms with Gasteiger partial charge in [0.1, 0.15) is 6.04 Å². The van der Waals surface area contributed by atoms with Crippen LogP contribution in [-0.2, 0) is 11.3 Å². The minimum absolute atomic E-state index is 0.219. The Bertz CT molecular complexity index is 668. The molecular weight excluding hydrogens is 292 g/mol. The number of aryl methyl sites for hydroxylation is 1. The van der Waals surface area contributed by atoms with Gasteiger partial charge in [0.05, 0.1) is 14.2 Å². The van der Waals surface area contributed by atoms with Crippen molar-refractivity contribution in [2.24, 2.45) is 5.73 Å². The normalized spacial score (nSPS) is 11.7. The van der Waals surface area contributed by atoms with Gasteiger partial charge >= 0.3 is 0 Å². The van der Waals surface area contributed by atoms with E-state index in [0.717, 1.165) is 16.7 Å². The Morgan fingerprint density at radius 3 is 2.35 bits per heavy atom. The van der Waals surface area contributed by atoms with Crippen LogP contribution in [0.5, 0.6) is 11.5 Å². The van der Waals surface area contributed by atoms with Crippen molar-refractivity contribution in [1.82, 2.24) is 5.32 Å². The first-order valence-corrected chi connectivity index (χ1v) is 7.36. The predicted molar refractivity (Wildman–Crippen MR) is 89.5 cm³/mol. The van der Waals surface area contributed by atoms with Gasteiger partial charge in [0.25, 0.3) is 0 Å². The van der Waals surface area contributed by atoms with Crippen LogP contribution in [0.25, 0.3) is 0 Å². The lowest BCUT2D eigenvalue weighted by Crippen LogP contribution is -2.33. The van der Waals surface area contributed by atoms with Crippen LogP contribution in [0.1, 0.15) is 22.7 Å². The first-order chi connectivity index (χ1) is 11.0. The van der Waals surface area contributed by atoms with Gasteiger partial charge in [-0.2, -0.15) is 0 Å². The highest BCUT2D eigenvalue weighted by Crippen LogP contribution is 2.27. The summed E-state index contributed by atoms with van der Waals surface area (Å²) in [7, 11) is 3.16. The third-order valence-corrected chi connectivity index (χ3v) is 3.63. The zero-order valence-corrected chi connectivity index (χ0v) is 13.6. The Balaban J connectivity index is 1.99. The molecule has 3 N–H and O–H groups in total. The molecule has 5 nitrogen and oxygen atoms in total. The summed E-state index contributed by atoms with van der Waals surface area (Å²) in [5.74, 6) is 1.06. The second-order valence-electron chi connectivity index (χ2n) is 5.30. The van der Waals surface area contributed by atoms with E-state index in [2.05, 4.69) is 5.32 Å². The molecule has 2 aromatic carbocycles. The first kappa shape index (κ1) is 16.8. The molecule has 1 atom stereocenters. The molecule has 0 aliphatic carbocycles. The number of benzene rings is 2. The number of hydrogen-bond donors (Lipinski definition) is 2. The summed E-state index contributed by atoms with van der Waals surface area (Å²) in [6, 6.07) is 12.4. The lowest BCUT2D eigenvalue weighted by atomic mass is 10.1. The van der Waals surface area contributed by atoms with Crippen molar-refractivity contribution in [3.05, 3.63) is 59.2 Å². The largest absolute Gasteiger partial charge is 0.493 e. The summed E-state index contributed by atoms with van der Waals surface area (Å²) in [6.07, 6.45) is 0. The molecule has 2 aromatic rings. The van der Waals surface area contributed by atoms with E-state index in [-0.39, 0.29) is 5.91 Å². The fourth-order valence-electron chi connectivity index (χ4n) is 2.21. The van der Waals surface area contributed by atoms with Crippen molar-refractivity contribution in [3.63, 3.8) is 0 Å². The molecule has 0 heterocycles. The van der Waals surface area contributed by atoms with Gasteiger partial charge in [-0.15, -0.1) is 0 Å². The van der Waals surface area contributed by atoms with E-state index in [0.29, 0.717) is 18.0 Å². The number of nitrogens with one attached hydrogen (secondary N) is 1. The molecule has 0 bridgehead atoms. The molecule has 1 amide bonds. The van der Waals surface area contributed by atoms with Gasteiger partial charge < -0.3 is 20.5 Å². The first-order valence-electron chi connectivity index (χ1n) is 7.36. The molecule has 0 saturated heterocycles. The molecule has 122 valence electrons. The summed E-state index contributed by atoms with van der Waals surface area (Å²) in [5, 5.41) is 2.84. The minimum Gasteiger partial charge on any atom is -0.493 e. The fourth-order valence-corrected chi connectivity index (χ4v) is 2.21. The second kappa shape index (κ2) is 7.65. The summed E-state index contributed by atoms with van der Waals surface area (Å²) in [6.45, 7) is 2.37. The van der Waals surface area contributed by atoms with Crippen LogP contribution in [0.2, 0.25) is 0 Å². The van der Waals surface area contributed by atoms with Crippen molar-refractivity contribution >= 4 is 5.91 Å². The van der Waals surface area contributed by atoms with Crippen LogP contribution < -0.4 is 20.5 Å². The summed E-state index contributed by atoms with van der Waals surface area (Å²) in [4.78, 5) is 12.2. The van der Waals surface area contributed by atoms with Crippen LogP contribution >= 0.6 is 0 Å². The van der Waals surface area contributed by atoms with E-state index in [4.69, 9.17) is 15.2 Å². The molecule has 0 aliphatic heterocycles. The van der Waals surface area contributed by atoms with Crippen molar-refractivity contribution in [2.75, 3.05) is 14.2 Å². The number of carbonyl (C=O) groups is 1. The molecule has 0 radical (unpaired) electrons. The Morgan fingerprint density at radius 1 is 1.09 bits per heavy atom. The summed E-state index contributed by atoms with van der Waals surface area (Å²) >= 11 is 0. The second-order valence-corrected chi connectivity index (χ2v) is 5.30. The summed E-state index contributed by atoms with van der Waals surface area (Å²) in [5.41, 5.74) is 8.83. The van der Waals surface area contributed by atoms with Crippen LogP contribution in [-0.4, -0.2) is 20.1 Å². The maximum atomic E-state index is 12.2. The highest BCUT2D eigenvalue weighted by atomic mass is 16.5. The SMILES string of the molecule is COc1ccc(CNC(=O)C(N)c2ccc(C)cc2)cc1OC. The van der Waals surface area contributed by atoms with Gasteiger partial charge in [0.2, 0.25) is 5.91 Å². The van der Waals surface area contributed by atoms with Crippen molar-refractivity contribution in [2.45, 2.75) is 19.5 Å². The van der Waals surface area contributed by atoms with Gasteiger partial charge in [-0.25, -0.2) is 0 Å². The van der Waals surface area contributed by atoms with Crippen LogP contribution in [0.3, 0.4) is 0 Å². The average Bonchev–Trinajstić information content (AvgIpc) is 2.59. The number of methoxy groups -OCH3 is 2. The molecule has 1 unspecified atom stereocenters. The van der Waals surface area contributed by atoms with Crippen LogP contribution in [0, 0.1) is 6.92 Å². The van der Waals surface area contributed by atoms with Crippen molar-refractivity contribution < 1.29 is 14.3 Å². The number of nitrogens with two attached hydrogens (primary N) is 1. The van der Waals surface area contributed by atoms with Gasteiger partial charge in [-0.1, -0.05) is 35.9 Å². The predicted octanol–water partition coefficient (Wildman–Crippen LogP) is 2.33. The number of carbonyl (C=O) groups excluding carboxylic acids is 1. The average molecular weight is 314 g/mol. The van der Waals surface area contributed by atoms with Gasteiger partial charge in [0.15, 0.2) is 11.5 Å². The Labute approximate surface area is 136 Å². The van der Waals surface area contributed by atoms with E-state index in [1.54, 1.807) is 20.3 Å². The topological polar surface area (TPSA) is 73.6 Å². The fraction of sp³-hybridized carbons (Fsp3) is 0.278. The lowest BCUT2D eigenvalue weighted by Gasteiger charge is -2.14. The summed E-state index contributed by atoms with van der Waals surface area (Å²) < 4.78 is 10.4. The maximum absolute atomic E-state index is 12.2. The van der Waals surface area contributed by atoms with Crippen LogP contribution in [0.4, 0.5) is 0 Å². The third-order valence-electron chi connectivity index (χ3n) is 3.63. The number of amides is 1. The van der Waals surface area contributed by atoms with E-state index in [9.17, 15) is 4.79 Å². The molecule has 0 aliphatic rings. The van der Waals surface area contributed by atoms with E-state index in [1.807, 2.05) is 43.3 Å². The van der Waals surface area contributed by atoms with Gasteiger partial charge in [-0.3, -0.25) is 4.79 Å². The zero-order chi connectivity index (χ0) is 16.8. The Kier molecular flexibility index (Phi) is 5.60. The zero-order valence-electron chi connectivity index (χ0n) is 13.6. The number of ether oxygens (including phenoxy) is 2. The quantitative estimate of drug-likeness (QED) is 0.858. The molecule has 0 spiro atoms. The smallest absolute Gasteiger partial charge is 0.241 e. The van der Waals surface area contributed by atoms with Gasteiger partial charge in [-0.05, 0) is 30.2 Å². The molecule has 2 rings (SSSR count). The third kappa shape index (κ3) is 4.23. The van der Waals surface area contributed by atoms with Gasteiger partial charge in [0, 0.05) is 6.54 Å². The maximum Gasteiger partial charge on any atom is 0.241 e. The Hall–Kier alpha value is -2.53. The minimum atomic E-state index is -0.684. The molecule has 0 aromatic heterocycles. The highest BCUT2D eigenvalue weighted by molar-refractivity contribution is 5.82. The van der Waals surface area contributed by atoms with E-state index >= 15 is 0 Å². The molecular formula is C18H22N2O3. The highest BCUT2D eigenvalue weighted by Gasteiger charge is 2.15. The molecule has 5 heteroatoms.